The van der Waals surface area contributed by atoms with Crippen molar-refractivity contribution in [2.45, 2.75) is 12.5 Å². The highest BCUT2D eigenvalue weighted by Gasteiger charge is 2.08. The molecule has 0 aliphatic rings. The van der Waals surface area contributed by atoms with Crippen LogP contribution in [0.1, 0.15) is 18.4 Å². The van der Waals surface area contributed by atoms with Crippen LogP contribution in [0.2, 0.25) is 0 Å². The van der Waals surface area contributed by atoms with Crippen molar-refractivity contribution in [2.75, 3.05) is 0 Å². The lowest BCUT2D eigenvalue weighted by molar-refractivity contribution is 0.354. The molecule has 0 aromatic carbocycles. The summed E-state index contributed by atoms with van der Waals surface area (Å²) in [5, 5.41) is 3.43. The molecule has 0 bridgehead atoms. The van der Waals surface area contributed by atoms with E-state index in [2.05, 4.69) is 16.7 Å². The summed E-state index contributed by atoms with van der Waals surface area (Å²) in [6.07, 6.45) is 3.70. The fraction of sp³-hybridized carbons (Fsp3) is 0.333. The molecule has 54 valence electrons. The van der Waals surface area contributed by atoms with E-state index in [4.69, 9.17) is 10.3 Å². The molecule has 0 aliphatic carbocycles. The normalized spacial score (nSPS) is 12.9. The van der Waals surface area contributed by atoms with E-state index in [1.54, 1.807) is 6.08 Å². The predicted molar refractivity (Wildman–Crippen MR) is 36.0 cm³/mol. The number of nitrogens with two attached hydrogens (primary N) is 1. The Morgan fingerprint density at radius 1 is 1.90 bits per heavy atom. The molecule has 2 N–H and O–H groups in total. The highest BCUT2D eigenvalue weighted by Crippen LogP contribution is 2.08. The van der Waals surface area contributed by atoms with Crippen LogP contribution < -0.4 is 5.73 Å². The van der Waals surface area contributed by atoms with E-state index in [9.17, 15) is 0 Å². The zero-order valence-corrected chi connectivity index (χ0v) is 5.53. The molecule has 1 atom stereocenters. The minimum atomic E-state index is -0.208. The van der Waals surface area contributed by atoms with Gasteiger partial charge in [-0.25, -0.2) is 0 Å². The van der Waals surface area contributed by atoms with Crippen LogP contribution in [0.3, 0.4) is 0 Å². The van der Waals surface area contributed by atoms with Crippen molar-refractivity contribution in [3.8, 4) is 0 Å². The minimum Gasteiger partial charge on any atom is -0.338 e. The van der Waals surface area contributed by atoms with Gasteiger partial charge in [0.05, 0.1) is 6.04 Å². The van der Waals surface area contributed by atoms with Crippen LogP contribution in [0.25, 0.3) is 0 Å². The van der Waals surface area contributed by atoms with Gasteiger partial charge in [-0.2, -0.15) is 4.98 Å². The van der Waals surface area contributed by atoms with Gasteiger partial charge in [0.25, 0.3) is 0 Å². The molecule has 0 fully saturated rings. The third-order valence-corrected chi connectivity index (χ3v) is 1.12. The molecule has 0 amide bonds. The van der Waals surface area contributed by atoms with Gasteiger partial charge in [0.2, 0.25) is 5.89 Å². The van der Waals surface area contributed by atoms with Gasteiger partial charge < -0.3 is 10.3 Å². The zero-order valence-electron chi connectivity index (χ0n) is 5.53. The van der Waals surface area contributed by atoms with Gasteiger partial charge in [0.15, 0.2) is 6.33 Å². The quantitative estimate of drug-likeness (QED) is 0.624. The summed E-state index contributed by atoms with van der Waals surface area (Å²) in [7, 11) is 0. The second kappa shape index (κ2) is 3.12. The largest absolute Gasteiger partial charge is 0.338 e. The highest BCUT2D eigenvalue weighted by atomic mass is 16.5. The van der Waals surface area contributed by atoms with E-state index in [1.165, 1.54) is 6.33 Å². The van der Waals surface area contributed by atoms with Crippen LogP contribution in [-0.4, -0.2) is 10.1 Å². The van der Waals surface area contributed by atoms with Crippen LogP contribution >= 0.6 is 0 Å². The van der Waals surface area contributed by atoms with Crippen LogP contribution in [0.4, 0.5) is 0 Å². The van der Waals surface area contributed by atoms with Gasteiger partial charge in [-0.1, -0.05) is 11.2 Å². The number of nitrogens with zero attached hydrogens (tertiary/aromatic N) is 2. The molecule has 1 aromatic heterocycles. The van der Waals surface area contributed by atoms with Crippen LogP contribution in [0.15, 0.2) is 23.5 Å². The maximum atomic E-state index is 5.58. The van der Waals surface area contributed by atoms with Crippen molar-refractivity contribution in [3.63, 3.8) is 0 Å². The number of hydrogen-bond donors (Lipinski definition) is 1. The molecule has 10 heavy (non-hydrogen) atoms. The summed E-state index contributed by atoms with van der Waals surface area (Å²) in [6.45, 7) is 3.54. The lowest BCUT2D eigenvalue weighted by Crippen LogP contribution is -2.08. The summed E-state index contributed by atoms with van der Waals surface area (Å²) in [4.78, 5) is 3.78. The standard InChI is InChI=1S/C6H9N3O/c1-2-3-5(7)6-8-4-9-10-6/h2,4-5H,1,3,7H2. The first kappa shape index (κ1) is 6.95. The second-order valence-corrected chi connectivity index (χ2v) is 1.91. The lowest BCUT2D eigenvalue weighted by Gasteiger charge is -1.99. The Kier molecular flexibility index (Phi) is 2.17. The smallest absolute Gasteiger partial charge is 0.243 e. The number of aromatic nitrogens is 2. The first-order valence-corrected chi connectivity index (χ1v) is 2.97. The van der Waals surface area contributed by atoms with Crippen molar-refractivity contribution in [1.29, 1.82) is 0 Å². The van der Waals surface area contributed by atoms with Crippen LogP contribution in [-0.2, 0) is 0 Å². The predicted octanol–water partition coefficient (Wildman–Crippen LogP) is 0.646. The Balaban J connectivity index is 2.58. The van der Waals surface area contributed by atoms with E-state index in [1.807, 2.05) is 0 Å². The first-order chi connectivity index (χ1) is 4.84. The average molecular weight is 139 g/mol. The van der Waals surface area contributed by atoms with E-state index < -0.39 is 0 Å². The fourth-order valence-electron chi connectivity index (χ4n) is 0.625. The van der Waals surface area contributed by atoms with E-state index in [0.29, 0.717) is 12.3 Å². The minimum absolute atomic E-state index is 0.208. The van der Waals surface area contributed by atoms with Crippen molar-refractivity contribution >= 4 is 0 Å². The molecule has 0 radical (unpaired) electrons. The molecule has 0 saturated heterocycles. The molecule has 0 saturated carbocycles. The molecule has 1 rings (SSSR count). The Labute approximate surface area is 58.7 Å². The lowest BCUT2D eigenvalue weighted by atomic mass is 10.2. The monoisotopic (exact) mass is 139 g/mol. The first-order valence-electron chi connectivity index (χ1n) is 2.97. The highest BCUT2D eigenvalue weighted by molar-refractivity contribution is 4.88. The van der Waals surface area contributed by atoms with Gasteiger partial charge in [0.1, 0.15) is 0 Å². The molecule has 1 unspecified atom stereocenters. The summed E-state index contributed by atoms with van der Waals surface area (Å²) in [6, 6.07) is -0.208. The Hall–Kier alpha value is -1.16. The SMILES string of the molecule is C=CCC(N)c1ncno1. The Morgan fingerprint density at radius 3 is 3.20 bits per heavy atom. The molecular formula is C6H9N3O. The summed E-state index contributed by atoms with van der Waals surface area (Å²) >= 11 is 0. The van der Waals surface area contributed by atoms with Crippen molar-refractivity contribution < 1.29 is 4.52 Å². The van der Waals surface area contributed by atoms with Crippen molar-refractivity contribution in [3.05, 3.63) is 24.9 Å². The van der Waals surface area contributed by atoms with Crippen molar-refractivity contribution in [1.82, 2.24) is 10.1 Å². The summed E-state index contributed by atoms with van der Waals surface area (Å²) in [5.41, 5.74) is 5.58. The third kappa shape index (κ3) is 1.41. The number of rotatable bonds is 3. The van der Waals surface area contributed by atoms with E-state index >= 15 is 0 Å². The van der Waals surface area contributed by atoms with Crippen LogP contribution in [0.5, 0.6) is 0 Å². The summed E-state index contributed by atoms with van der Waals surface area (Å²) < 4.78 is 4.71. The average Bonchev–Trinajstić information content (AvgIpc) is 2.38. The van der Waals surface area contributed by atoms with E-state index in [-0.39, 0.29) is 6.04 Å². The molecule has 0 aliphatic heterocycles. The van der Waals surface area contributed by atoms with Crippen molar-refractivity contribution in [2.24, 2.45) is 5.73 Å². The molecule has 4 heteroatoms. The Morgan fingerprint density at radius 2 is 2.70 bits per heavy atom. The topological polar surface area (TPSA) is 64.9 Å². The third-order valence-electron chi connectivity index (χ3n) is 1.12. The second-order valence-electron chi connectivity index (χ2n) is 1.91. The zero-order chi connectivity index (χ0) is 7.40. The van der Waals surface area contributed by atoms with E-state index in [0.717, 1.165) is 0 Å². The Bertz CT molecular complexity index is 195. The van der Waals surface area contributed by atoms with Gasteiger partial charge in [0, 0.05) is 0 Å². The molecule has 1 aromatic rings. The summed E-state index contributed by atoms with van der Waals surface area (Å²) in [5.74, 6) is 0.458. The van der Waals surface area contributed by atoms with Crippen LogP contribution in [0, 0.1) is 0 Å². The molecule has 1 heterocycles. The number of hydrogen-bond acceptors (Lipinski definition) is 4. The fourth-order valence-corrected chi connectivity index (χ4v) is 0.625. The maximum absolute atomic E-state index is 5.58. The molecule has 0 spiro atoms. The maximum Gasteiger partial charge on any atom is 0.243 e. The van der Waals surface area contributed by atoms with Gasteiger partial charge >= 0.3 is 0 Å². The molecule has 4 nitrogen and oxygen atoms in total. The van der Waals surface area contributed by atoms with Gasteiger partial charge in [-0.15, -0.1) is 6.58 Å². The van der Waals surface area contributed by atoms with Gasteiger partial charge in [-0.3, -0.25) is 0 Å². The van der Waals surface area contributed by atoms with Gasteiger partial charge in [-0.05, 0) is 6.42 Å². The molecular weight excluding hydrogens is 130 g/mol.